The molecule has 50 heavy (non-hydrogen) atoms. The number of aliphatic hydroxyl groups excluding tert-OH is 1. The highest BCUT2D eigenvalue weighted by atomic mass is 28.4. The normalized spacial score (nSPS) is 34.9. The molecule has 280 valence electrons. The third kappa shape index (κ3) is 8.39. The molecular formula is C45H72O4Si. The van der Waals surface area contributed by atoms with Crippen LogP contribution in [-0.4, -0.2) is 49.6 Å². The standard InChI is InChI=1S/C22H36OSi.C19H28O2.C4H8O/c1-8-13-22(15-16-22)19-12-11-17-18(10-9-14-21(17,19)5)23-24(6,7)20(2,3)4;1-17(2,21)9-5-11-19(12-13-19)16-8-7-14-15(20)6-4-10-18(14,16)3;1-2-4-5-3-1/h1,12,17-18H,9-11,13-16H2,2-7H3;8,14-15,20-21H,4,6-7,10-13H2,1-3H3;1-4H2/t17?,18-,21-;14?,15-,18-;/m00./s1. The van der Waals surface area contributed by atoms with E-state index in [1.54, 1.807) is 25.0 Å². The van der Waals surface area contributed by atoms with Gasteiger partial charge in [0, 0.05) is 43.0 Å². The first kappa shape index (κ1) is 39.9. The Kier molecular flexibility index (Phi) is 11.8. The Morgan fingerprint density at radius 3 is 1.82 bits per heavy atom. The number of terminal acetylenes is 1. The van der Waals surface area contributed by atoms with Crippen molar-refractivity contribution >= 4 is 8.32 Å². The summed E-state index contributed by atoms with van der Waals surface area (Å²) in [7, 11) is -1.71. The third-order valence-electron chi connectivity index (χ3n) is 14.5. The van der Waals surface area contributed by atoms with E-state index in [1.807, 2.05) is 0 Å². The zero-order valence-electron chi connectivity index (χ0n) is 33.5. The molecule has 2 unspecified atom stereocenters. The Balaban J connectivity index is 0.000000171. The van der Waals surface area contributed by atoms with Crippen LogP contribution in [0.2, 0.25) is 18.1 Å². The van der Waals surface area contributed by atoms with Crippen molar-refractivity contribution in [2.45, 2.75) is 187 Å². The average Bonchev–Trinajstić information content (AvgIpc) is 3.74. The Labute approximate surface area is 308 Å². The van der Waals surface area contributed by atoms with Gasteiger partial charge in [0.2, 0.25) is 0 Å². The maximum Gasteiger partial charge on any atom is 0.192 e. The molecule has 0 spiro atoms. The number of ether oxygens (including phenoxy) is 1. The number of allylic oxidation sites excluding steroid dienone is 4. The van der Waals surface area contributed by atoms with Gasteiger partial charge in [0.1, 0.15) is 5.60 Å². The van der Waals surface area contributed by atoms with Crippen LogP contribution < -0.4 is 0 Å². The number of fused-ring (bicyclic) bond motifs is 2. The zero-order chi connectivity index (χ0) is 36.6. The number of aliphatic hydroxyl groups is 2. The summed E-state index contributed by atoms with van der Waals surface area (Å²) in [6.07, 6.45) is 29.8. The van der Waals surface area contributed by atoms with Crippen LogP contribution in [0.1, 0.15) is 151 Å². The van der Waals surface area contributed by atoms with Gasteiger partial charge < -0.3 is 19.4 Å². The molecule has 1 saturated heterocycles. The summed E-state index contributed by atoms with van der Waals surface area (Å²) in [6.45, 7) is 22.2. The van der Waals surface area contributed by atoms with Gasteiger partial charge in [-0.15, -0.1) is 12.3 Å². The minimum Gasteiger partial charge on any atom is -0.414 e. The van der Waals surface area contributed by atoms with Crippen LogP contribution in [0.4, 0.5) is 0 Å². The van der Waals surface area contributed by atoms with Gasteiger partial charge in [0.15, 0.2) is 8.32 Å². The smallest absolute Gasteiger partial charge is 0.192 e. The second-order valence-corrected chi connectivity index (χ2v) is 24.6. The molecule has 0 radical (unpaired) electrons. The predicted molar refractivity (Wildman–Crippen MR) is 210 cm³/mol. The molecule has 5 heteroatoms. The maximum absolute atomic E-state index is 10.3. The zero-order valence-corrected chi connectivity index (χ0v) is 34.5. The van der Waals surface area contributed by atoms with Crippen LogP contribution in [0, 0.1) is 57.7 Å². The molecule has 6 atom stereocenters. The molecule has 5 fully saturated rings. The van der Waals surface area contributed by atoms with Crippen molar-refractivity contribution in [2.75, 3.05) is 13.2 Å². The van der Waals surface area contributed by atoms with E-state index in [0.717, 1.165) is 45.3 Å². The quantitative estimate of drug-likeness (QED) is 0.164. The van der Waals surface area contributed by atoms with Gasteiger partial charge in [-0.3, -0.25) is 0 Å². The molecule has 7 rings (SSSR count). The van der Waals surface area contributed by atoms with Crippen LogP contribution in [0.15, 0.2) is 23.3 Å². The molecule has 4 nitrogen and oxygen atoms in total. The minimum atomic E-state index is -1.71. The first-order chi connectivity index (χ1) is 23.3. The molecule has 0 bridgehead atoms. The fourth-order valence-electron chi connectivity index (χ4n) is 10.3. The summed E-state index contributed by atoms with van der Waals surface area (Å²) in [4.78, 5) is 0. The van der Waals surface area contributed by atoms with Gasteiger partial charge >= 0.3 is 0 Å². The van der Waals surface area contributed by atoms with Crippen molar-refractivity contribution in [3.63, 3.8) is 0 Å². The van der Waals surface area contributed by atoms with Crippen molar-refractivity contribution in [3.05, 3.63) is 23.3 Å². The van der Waals surface area contributed by atoms with Gasteiger partial charge in [-0.2, -0.15) is 0 Å². The highest BCUT2D eigenvalue weighted by Crippen LogP contribution is 2.68. The van der Waals surface area contributed by atoms with Crippen molar-refractivity contribution in [1.82, 2.24) is 0 Å². The van der Waals surface area contributed by atoms with Gasteiger partial charge in [0.25, 0.3) is 0 Å². The van der Waals surface area contributed by atoms with Crippen molar-refractivity contribution < 1.29 is 19.4 Å². The van der Waals surface area contributed by atoms with Crippen LogP contribution >= 0.6 is 0 Å². The molecule has 0 aromatic heterocycles. The molecule has 4 saturated carbocycles. The van der Waals surface area contributed by atoms with Crippen molar-refractivity contribution in [3.8, 4) is 24.2 Å². The first-order valence-electron chi connectivity index (χ1n) is 20.3. The predicted octanol–water partition coefficient (Wildman–Crippen LogP) is 10.5. The molecule has 0 aromatic carbocycles. The minimum absolute atomic E-state index is 0.129. The largest absolute Gasteiger partial charge is 0.414 e. The summed E-state index contributed by atoms with van der Waals surface area (Å²) in [5.74, 6) is 10.2. The topological polar surface area (TPSA) is 58.9 Å². The first-order valence-corrected chi connectivity index (χ1v) is 23.3. The molecule has 7 aliphatic rings. The van der Waals surface area contributed by atoms with E-state index in [9.17, 15) is 10.2 Å². The fraction of sp³-hybridized carbons (Fsp3) is 0.822. The molecule has 1 heterocycles. The van der Waals surface area contributed by atoms with Gasteiger partial charge in [-0.1, -0.05) is 76.2 Å². The van der Waals surface area contributed by atoms with E-state index in [1.165, 1.54) is 70.6 Å². The fourth-order valence-corrected chi connectivity index (χ4v) is 11.7. The second-order valence-electron chi connectivity index (χ2n) is 19.8. The van der Waals surface area contributed by atoms with E-state index in [4.69, 9.17) is 15.6 Å². The van der Waals surface area contributed by atoms with E-state index in [0.29, 0.717) is 28.8 Å². The van der Waals surface area contributed by atoms with E-state index < -0.39 is 13.9 Å². The summed E-state index contributed by atoms with van der Waals surface area (Å²) < 4.78 is 11.9. The van der Waals surface area contributed by atoms with Crippen molar-refractivity contribution in [1.29, 1.82) is 0 Å². The summed E-state index contributed by atoms with van der Waals surface area (Å²) in [6, 6.07) is 0. The summed E-state index contributed by atoms with van der Waals surface area (Å²) >= 11 is 0. The van der Waals surface area contributed by atoms with E-state index >= 15 is 0 Å². The lowest BCUT2D eigenvalue weighted by Gasteiger charge is -2.49. The second kappa shape index (κ2) is 14.8. The number of rotatable bonds is 6. The van der Waals surface area contributed by atoms with Crippen molar-refractivity contribution in [2.24, 2.45) is 33.5 Å². The Bertz CT molecular complexity index is 1350. The monoisotopic (exact) mass is 705 g/mol. The molecule has 2 N–H and O–H groups in total. The average molecular weight is 705 g/mol. The maximum atomic E-state index is 10.3. The number of hydrogen-bond donors (Lipinski definition) is 2. The number of hydrogen-bond acceptors (Lipinski definition) is 4. The summed E-state index contributed by atoms with van der Waals surface area (Å²) in [5.41, 5.74) is 3.51. The van der Waals surface area contributed by atoms with Gasteiger partial charge in [0.05, 0.1) is 6.10 Å². The van der Waals surface area contributed by atoms with Gasteiger partial charge in [-0.05, 0) is 138 Å². The molecule has 0 amide bonds. The highest BCUT2D eigenvalue weighted by molar-refractivity contribution is 6.74. The third-order valence-corrected chi connectivity index (χ3v) is 19.0. The van der Waals surface area contributed by atoms with Crippen LogP contribution in [0.5, 0.6) is 0 Å². The van der Waals surface area contributed by atoms with E-state index in [2.05, 4.69) is 77.6 Å². The SMILES string of the molecule is C#CCC1(C2=CCC3[C@@H](O[Si](C)(C)C(C)(C)C)CCC[C@]23C)CC1.C1CCOC1.CC(C)(O)C#CCC1(C2=CCC3[C@@H](O)CCC[C@]23C)CC1. The van der Waals surface area contributed by atoms with E-state index in [-0.39, 0.29) is 22.0 Å². The molecular weight excluding hydrogens is 633 g/mol. The molecule has 0 aromatic rings. The summed E-state index contributed by atoms with van der Waals surface area (Å²) in [5, 5.41) is 20.4. The lowest BCUT2D eigenvalue weighted by Crippen LogP contribution is -2.49. The highest BCUT2D eigenvalue weighted by Gasteiger charge is 2.59. The van der Waals surface area contributed by atoms with Crippen LogP contribution in [-0.2, 0) is 9.16 Å². The lowest BCUT2D eigenvalue weighted by molar-refractivity contribution is 0.00689. The molecule has 1 aliphatic heterocycles. The lowest BCUT2D eigenvalue weighted by atomic mass is 9.62. The Hall–Kier alpha value is -1.34. The van der Waals surface area contributed by atoms with Gasteiger partial charge in [-0.25, -0.2) is 0 Å². The Morgan fingerprint density at radius 1 is 0.820 bits per heavy atom. The Morgan fingerprint density at radius 2 is 1.34 bits per heavy atom. The molecule has 6 aliphatic carbocycles. The van der Waals surface area contributed by atoms with Crippen LogP contribution in [0.25, 0.3) is 0 Å². The van der Waals surface area contributed by atoms with Crippen LogP contribution in [0.3, 0.4) is 0 Å².